The minimum absolute atomic E-state index is 0.0559. The van der Waals surface area contributed by atoms with Crippen molar-refractivity contribution < 1.29 is 9.59 Å². The van der Waals surface area contributed by atoms with Crippen LogP contribution in [0.25, 0.3) is 0 Å². The molecule has 1 saturated heterocycles. The molecule has 0 aromatic carbocycles. The maximum Gasteiger partial charge on any atom is 0.244 e. The van der Waals surface area contributed by atoms with Gasteiger partial charge in [0.25, 0.3) is 0 Å². The Morgan fingerprint density at radius 2 is 2.04 bits per heavy atom. The van der Waals surface area contributed by atoms with E-state index >= 15 is 0 Å². The molecule has 1 aromatic rings. The highest BCUT2D eigenvalue weighted by atomic mass is 16.2. The molecule has 1 saturated carbocycles. The Bertz CT molecular complexity index is 648. The largest absolute Gasteiger partial charge is 0.339 e. The van der Waals surface area contributed by atoms with E-state index in [1.807, 2.05) is 11.8 Å². The standard InChI is InChI=1S/C18H30N6O2/c1-18(19)6-4-3-5-15(18)17(26)21-14-11-20-24(12-14)13-16(25)23-9-7-22(2)8-10-23/h11-12,15H,3-10,13,19H2,1-2H3,(H,21,26). The number of piperazine rings is 1. The summed E-state index contributed by atoms with van der Waals surface area (Å²) in [6.07, 6.45) is 7.08. The van der Waals surface area contributed by atoms with Crippen LogP contribution in [0.3, 0.4) is 0 Å². The number of carbonyl (C=O) groups is 2. The number of amides is 2. The first-order chi connectivity index (χ1) is 12.3. The van der Waals surface area contributed by atoms with Crippen molar-refractivity contribution >= 4 is 17.5 Å². The number of rotatable bonds is 4. The molecule has 2 amide bonds. The van der Waals surface area contributed by atoms with E-state index < -0.39 is 5.54 Å². The van der Waals surface area contributed by atoms with E-state index in [0.29, 0.717) is 5.69 Å². The Morgan fingerprint density at radius 1 is 1.31 bits per heavy atom. The van der Waals surface area contributed by atoms with Gasteiger partial charge in [-0.05, 0) is 26.8 Å². The van der Waals surface area contributed by atoms with Crippen LogP contribution in [-0.4, -0.2) is 70.2 Å². The lowest BCUT2D eigenvalue weighted by atomic mass is 9.74. The maximum absolute atomic E-state index is 12.6. The fraction of sp³-hybridized carbons (Fsp3) is 0.722. The Morgan fingerprint density at radius 3 is 2.73 bits per heavy atom. The molecular formula is C18H30N6O2. The molecule has 2 fully saturated rings. The second-order valence-corrected chi connectivity index (χ2v) is 7.90. The average molecular weight is 362 g/mol. The number of carbonyl (C=O) groups excluding carboxylic acids is 2. The second kappa shape index (κ2) is 7.75. The lowest BCUT2D eigenvalue weighted by Crippen LogP contribution is -2.51. The second-order valence-electron chi connectivity index (χ2n) is 7.90. The van der Waals surface area contributed by atoms with Crippen LogP contribution in [0.2, 0.25) is 0 Å². The predicted molar refractivity (Wildman–Crippen MR) is 99.5 cm³/mol. The van der Waals surface area contributed by atoms with Crippen LogP contribution in [0.1, 0.15) is 32.6 Å². The van der Waals surface area contributed by atoms with Crippen LogP contribution in [0, 0.1) is 5.92 Å². The summed E-state index contributed by atoms with van der Waals surface area (Å²) in [6, 6.07) is 0. The summed E-state index contributed by atoms with van der Waals surface area (Å²) in [5.74, 6) is -0.188. The number of anilines is 1. The van der Waals surface area contributed by atoms with E-state index in [1.54, 1.807) is 17.1 Å². The van der Waals surface area contributed by atoms with Gasteiger partial charge in [0.1, 0.15) is 6.54 Å². The lowest BCUT2D eigenvalue weighted by Gasteiger charge is -2.37. The van der Waals surface area contributed by atoms with Gasteiger partial charge >= 0.3 is 0 Å². The molecule has 2 unspecified atom stereocenters. The summed E-state index contributed by atoms with van der Waals surface area (Å²) >= 11 is 0. The molecular weight excluding hydrogens is 332 g/mol. The Hall–Kier alpha value is -1.93. The van der Waals surface area contributed by atoms with E-state index in [0.717, 1.165) is 51.9 Å². The molecule has 26 heavy (non-hydrogen) atoms. The van der Waals surface area contributed by atoms with Crippen LogP contribution in [0.15, 0.2) is 12.4 Å². The van der Waals surface area contributed by atoms with Gasteiger partial charge < -0.3 is 20.9 Å². The van der Waals surface area contributed by atoms with Crippen molar-refractivity contribution in [1.82, 2.24) is 19.6 Å². The van der Waals surface area contributed by atoms with Crippen molar-refractivity contribution in [2.24, 2.45) is 11.7 Å². The van der Waals surface area contributed by atoms with Gasteiger partial charge in [-0.2, -0.15) is 5.10 Å². The minimum Gasteiger partial charge on any atom is -0.339 e. The van der Waals surface area contributed by atoms with Gasteiger partial charge in [0, 0.05) is 37.9 Å². The number of hydrogen-bond donors (Lipinski definition) is 2. The van der Waals surface area contributed by atoms with Crippen molar-refractivity contribution in [2.75, 3.05) is 38.5 Å². The topological polar surface area (TPSA) is 96.5 Å². The molecule has 1 aliphatic heterocycles. The highest BCUT2D eigenvalue weighted by Gasteiger charge is 2.37. The van der Waals surface area contributed by atoms with E-state index in [-0.39, 0.29) is 24.3 Å². The molecule has 8 heteroatoms. The van der Waals surface area contributed by atoms with E-state index in [9.17, 15) is 9.59 Å². The quantitative estimate of drug-likeness (QED) is 0.813. The molecule has 0 bridgehead atoms. The molecule has 0 spiro atoms. The lowest BCUT2D eigenvalue weighted by molar-refractivity contribution is -0.133. The summed E-state index contributed by atoms with van der Waals surface area (Å²) < 4.78 is 1.58. The molecule has 1 aromatic heterocycles. The van der Waals surface area contributed by atoms with Crippen LogP contribution < -0.4 is 11.1 Å². The molecule has 8 nitrogen and oxygen atoms in total. The Labute approximate surface area is 154 Å². The van der Waals surface area contributed by atoms with Crippen LogP contribution in [0.4, 0.5) is 5.69 Å². The summed E-state index contributed by atoms with van der Waals surface area (Å²) in [6.45, 7) is 5.43. The van der Waals surface area contributed by atoms with Gasteiger partial charge in [-0.15, -0.1) is 0 Å². The first-order valence-corrected chi connectivity index (χ1v) is 9.44. The molecule has 2 heterocycles. The van der Waals surface area contributed by atoms with Gasteiger partial charge in [0.2, 0.25) is 11.8 Å². The molecule has 1 aliphatic carbocycles. The molecule has 0 radical (unpaired) electrons. The van der Waals surface area contributed by atoms with Crippen molar-refractivity contribution in [3.05, 3.63) is 12.4 Å². The van der Waals surface area contributed by atoms with Gasteiger partial charge in [-0.3, -0.25) is 14.3 Å². The van der Waals surface area contributed by atoms with Crippen LogP contribution in [-0.2, 0) is 16.1 Å². The zero-order chi connectivity index (χ0) is 18.7. The molecule has 144 valence electrons. The Kier molecular flexibility index (Phi) is 5.62. The predicted octanol–water partition coefficient (Wildman–Crippen LogP) is 0.503. The van der Waals surface area contributed by atoms with Crippen molar-refractivity contribution in [3.8, 4) is 0 Å². The smallest absolute Gasteiger partial charge is 0.244 e. The number of nitrogens with two attached hydrogens (primary N) is 1. The summed E-state index contributed by atoms with van der Waals surface area (Å²) in [5, 5.41) is 7.13. The summed E-state index contributed by atoms with van der Waals surface area (Å²) in [5.41, 5.74) is 6.46. The van der Waals surface area contributed by atoms with Crippen LogP contribution in [0.5, 0.6) is 0 Å². The first kappa shape index (κ1) is 18.8. The van der Waals surface area contributed by atoms with Gasteiger partial charge in [0.15, 0.2) is 0 Å². The van der Waals surface area contributed by atoms with Gasteiger partial charge in [-0.1, -0.05) is 12.8 Å². The van der Waals surface area contributed by atoms with E-state index in [1.165, 1.54) is 0 Å². The molecule has 3 N–H and O–H groups in total. The zero-order valence-corrected chi connectivity index (χ0v) is 15.8. The minimum atomic E-state index is -0.463. The number of nitrogens with one attached hydrogen (secondary N) is 1. The number of hydrogen-bond acceptors (Lipinski definition) is 5. The Balaban J connectivity index is 1.54. The molecule has 2 atom stereocenters. The van der Waals surface area contributed by atoms with E-state index in [2.05, 4.69) is 22.4 Å². The zero-order valence-electron chi connectivity index (χ0n) is 15.8. The normalized spacial score (nSPS) is 27.3. The third-order valence-corrected chi connectivity index (χ3v) is 5.62. The number of nitrogens with zero attached hydrogens (tertiary/aromatic N) is 4. The van der Waals surface area contributed by atoms with Crippen LogP contribution >= 0.6 is 0 Å². The fourth-order valence-electron chi connectivity index (χ4n) is 3.83. The summed E-state index contributed by atoms with van der Waals surface area (Å²) in [4.78, 5) is 29.0. The van der Waals surface area contributed by atoms with E-state index in [4.69, 9.17) is 5.73 Å². The van der Waals surface area contributed by atoms with Gasteiger partial charge in [-0.25, -0.2) is 0 Å². The van der Waals surface area contributed by atoms with Crippen molar-refractivity contribution in [2.45, 2.75) is 44.7 Å². The summed E-state index contributed by atoms with van der Waals surface area (Å²) in [7, 11) is 2.06. The van der Waals surface area contributed by atoms with Crippen molar-refractivity contribution in [3.63, 3.8) is 0 Å². The third-order valence-electron chi connectivity index (χ3n) is 5.62. The maximum atomic E-state index is 12.6. The highest BCUT2D eigenvalue weighted by molar-refractivity contribution is 5.93. The number of likely N-dealkylation sites (N-methyl/N-ethyl adjacent to an activating group) is 1. The average Bonchev–Trinajstić information content (AvgIpc) is 3.01. The van der Waals surface area contributed by atoms with Crippen molar-refractivity contribution in [1.29, 1.82) is 0 Å². The monoisotopic (exact) mass is 362 g/mol. The molecule has 2 aliphatic rings. The van der Waals surface area contributed by atoms with Gasteiger partial charge in [0.05, 0.1) is 17.8 Å². The first-order valence-electron chi connectivity index (χ1n) is 9.44. The molecule has 3 rings (SSSR count). The SMILES string of the molecule is CN1CCN(C(=O)Cn2cc(NC(=O)C3CCCCC3(C)N)cn2)CC1. The third kappa shape index (κ3) is 4.42. The number of aromatic nitrogens is 2. The fourth-order valence-corrected chi connectivity index (χ4v) is 3.83. The highest BCUT2D eigenvalue weighted by Crippen LogP contribution is 2.32.